The van der Waals surface area contributed by atoms with Crippen LogP contribution in [-0.4, -0.2) is 20.3 Å². The number of carbonyl (C=O) groups is 1. The van der Waals surface area contributed by atoms with Gasteiger partial charge in [0.2, 0.25) is 0 Å². The molecule has 2 aromatic rings. The van der Waals surface area contributed by atoms with Crippen molar-refractivity contribution in [2.75, 3.05) is 24.9 Å². The fourth-order valence-electron chi connectivity index (χ4n) is 1.78. The largest absolute Gasteiger partial charge is 0.497 e. The normalized spacial score (nSPS) is 10.0. The summed E-state index contributed by atoms with van der Waals surface area (Å²) in [6.07, 6.45) is 0. The van der Waals surface area contributed by atoms with E-state index in [1.807, 2.05) is 0 Å². The van der Waals surface area contributed by atoms with Gasteiger partial charge in [-0.25, -0.2) is 4.79 Å². The number of rotatable bonds is 4. The third kappa shape index (κ3) is 3.96. The molecule has 22 heavy (non-hydrogen) atoms. The first-order valence-electron chi connectivity index (χ1n) is 6.28. The molecule has 0 atom stereocenters. The molecule has 116 valence electrons. The van der Waals surface area contributed by atoms with E-state index in [0.29, 0.717) is 32.9 Å². The van der Waals surface area contributed by atoms with Crippen LogP contribution in [0.5, 0.6) is 11.5 Å². The van der Waals surface area contributed by atoms with Crippen molar-refractivity contribution < 1.29 is 14.3 Å². The molecule has 0 unspecified atom stereocenters. The van der Waals surface area contributed by atoms with Gasteiger partial charge in [-0.05, 0) is 30.3 Å². The van der Waals surface area contributed by atoms with E-state index in [4.69, 9.17) is 32.7 Å². The number of hydrogen-bond acceptors (Lipinski definition) is 3. The predicted molar refractivity (Wildman–Crippen MR) is 88.6 cm³/mol. The van der Waals surface area contributed by atoms with Gasteiger partial charge < -0.3 is 20.1 Å². The van der Waals surface area contributed by atoms with E-state index in [1.54, 1.807) is 36.4 Å². The van der Waals surface area contributed by atoms with Crippen LogP contribution in [0.25, 0.3) is 0 Å². The molecule has 2 N–H and O–H groups in total. The smallest absolute Gasteiger partial charge is 0.323 e. The van der Waals surface area contributed by atoms with Crippen LogP contribution in [0.1, 0.15) is 0 Å². The van der Waals surface area contributed by atoms with E-state index in [9.17, 15) is 4.79 Å². The van der Waals surface area contributed by atoms with E-state index in [0.717, 1.165) is 0 Å². The molecule has 5 nitrogen and oxygen atoms in total. The van der Waals surface area contributed by atoms with Gasteiger partial charge in [0.05, 0.1) is 30.6 Å². The second-order valence-corrected chi connectivity index (χ2v) is 5.11. The van der Waals surface area contributed by atoms with Crippen LogP contribution in [0, 0.1) is 0 Å². The zero-order valence-electron chi connectivity index (χ0n) is 11.9. The minimum Gasteiger partial charge on any atom is -0.497 e. The quantitative estimate of drug-likeness (QED) is 0.851. The number of urea groups is 1. The Morgan fingerprint density at radius 2 is 1.68 bits per heavy atom. The van der Waals surface area contributed by atoms with E-state index in [1.165, 1.54) is 14.2 Å². The Morgan fingerprint density at radius 1 is 0.955 bits per heavy atom. The van der Waals surface area contributed by atoms with E-state index >= 15 is 0 Å². The second kappa shape index (κ2) is 7.24. The molecule has 0 heterocycles. The van der Waals surface area contributed by atoms with Crippen LogP contribution < -0.4 is 20.1 Å². The van der Waals surface area contributed by atoms with Gasteiger partial charge in [-0.15, -0.1) is 0 Å². The highest BCUT2D eigenvalue weighted by Gasteiger charge is 2.11. The molecule has 0 radical (unpaired) electrons. The SMILES string of the molecule is COc1ccc(OC)c(NC(=O)Nc2cc(Cl)ccc2Cl)c1. The Bertz CT molecular complexity index is 692. The van der Waals surface area contributed by atoms with Crippen LogP contribution in [0.4, 0.5) is 16.2 Å². The minimum atomic E-state index is -0.476. The molecular formula is C15H14Cl2N2O3. The summed E-state index contributed by atoms with van der Waals surface area (Å²) in [6.45, 7) is 0. The molecule has 0 saturated carbocycles. The van der Waals surface area contributed by atoms with Gasteiger partial charge in [-0.1, -0.05) is 23.2 Å². The van der Waals surface area contributed by atoms with Crippen molar-refractivity contribution in [2.45, 2.75) is 0 Å². The minimum absolute atomic E-state index is 0.386. The second-order valence-electron chi connectivity index (χ2n) is 4.27. The molecule has 0 aliphatic heterocycles. The van der Waals surface area contributed by atoms with E-state index in [2.05, 4.69) is 10.6 Å². The Balaban J connectivity index is 2.16. The molecule has 7 heteroatoms. The monoisotopic (exact) mass is 340 g/mol. The predicted octanol–water partition coefficient (Wildman–Crippen LogP) is 4.65. The summed E-state index contributed by atoms with van der Waals surface area (Å²) in [5.41, 5.74) is 0.881. The summed E-state index contributed by atoms with van der Waals surface area (Å²) in [4.78, 5) is 12.1. The summed E-state index contributed by atoms with van der Waals surface area (Å²) < 4.78 is 10.3. The number of anilines is 2. The van der Waals surface area contributed by atoms with E-state index in [-0.39, 0.29) is 0 Å². The van der Waals surface area contributed by atoms with Crippen LogP contribution in [0.2, 0.25) is 10.0 Å². The van der Waals surface area contributed by atoms with Crippen molar-refractivity contribution in [2.24, 2.45) is 0 Å². The Hall–Kier alpha value is -2.11. The van der Waals surface area contributed by atoms with Crippen LogP contribution >= 0.6 is 23.2 Å². The summed E-state index contributed by atoms with van der Waals surface area (Å²) in [6, 6.07) is 9.40. The molecule has 0 bridgehead atoms. The zero-order chi connectivity index (χ0) is 16.1. The number of halogens is 2. The van der Waals surface area contributed by atoms with Gasteiger partial charge in [0.1, 0.15) is 11.5 Å². The molecule has 0 spiro atoms. The highest BCUT2D eigenvalue weighted by atomic mass is 35.5. The van der Waals surface area contributed by atoms with Crippen molar-refractivity contribution >= 4 is 40.6 Å². The number of ether oxygens (including phenoxy) is 2. The first kappa shape index (κ1) is 16.3. The molecule has 0 aliphatic rings. The molecule has 2 rings (SSSR count). The highest BCUT2D eigenvalue weighted by molar-refractivity contribution is 6.35. The Labute approximate surface area is 138 Å². The van der Waals surface area contributed by atoms with Crippen LogP contribution in [-0.2, 0) is 0 Å². The summed E-state index contributed by atoms with van der Waals surface area (Å²) in [5, 5.41) is 6.16. The number of carbonyl (C=O) groups excluding carboxylic acids is 1. The maximum absolute atomic E-state index is 12.1. The van der Waals surface area contributed by atoms with Gasteiger partial charge in [0, 0.05) is 11.1 Å². The first-order valence-corrected chi connectivity index (χ1v) is 7.04. The van der Waals surface area contributed by atoms with Crippen molar-refractivity contribution in [1.82, 2.24) is 0 Å². The number of benzene rings is 2. The van der Waals surface area contributed by atoms with Crippen molar-refractivity contribution in [1.29, 1.82) is 0 Å². The third-order valence-electron chi connectivity index (χ3n) is 2.83. The number of nitrogens with one attached hydrogen (secondary N) is 2. The molecular weight excluding hydrogens is 327 g/mol. The maximum atomic E-state index is 12.1. The highest BCUT2D eigenvalue weighted by Crippen LogP contribution is 2.30. The van der Waals surface area contributed by atoms with Gasteiger partial charge in [-0.3, -0.25) is 0 Å². The van der Waals surface area contributed by atoms with Gasteiger partial charge in [0.15, 0.2) is 0 Å². The summed E-state index contributed by atoms with van der Waals surface area (Å²) >= 11 is 11.9. The number of amides is 2. The van der Waals surface area contributed by atoms with Crippen LogP contribution in [0.15, 0.2) is 36.4 Å². The number of hydrogen-bond donors (Lipinski definition) is 2. The lowest BCUT2D eigenvalue weighted by Crippen LogP contribution is -2.20. The number of methoxy groups -OCH3 is 2. The average Bonchev–Trinajstić information content (AvgIpc) is 2.50. The first-order chi connectivity index (χ1) is 10.5. The lowest BCUT2D eigenvalue weighted by Gasteiger charge is -2.13. The zero-order valence-corrected chi connectivity index (χ0v) is 13.5. The van der Waals surface area contributed by atoms with Crippen molar-refractivity contribution in [3.05, 3.63) is 46.4 Å². The molecule has 0 aliphatic carbocycles. The molecule has 2 amide bonds. The van der Waals surface area contributed by atoms with Gasteiger partial charge >= 0.3 is 6.03 Å². The maximum Gasteiger partial charge on any atom is 0.323 e. The summed E-state index contributed by atoms with van der Waals surface area (Å²) in [7, 11) is 3.05. The lowest BCUT2D eigenvalue weighted by atomic mass is 10.2. The fourth-order valence-corrected chi connectivity index (χ4v) is 2.12. The standard InChI is InChI=1S/C15H14Cl2N2O3/c1-21-10-4-6-14(22-2)13(8-10)19-15(20)18-12-7-9(16)3-5-11(12)17/h3-8H,1-2H3,(H2,18,19,20). The third-order valence-corrected chi connectivity index (χ3v) is 3.40. The average molecular weight is 341 g/mol. The summed E-state index contributed by atoms with van der Waals surface area (Å²) in [5.74, 6) is 1.10. The van der Waals surface area contributed by atoms with Crippen LogP contribution in [0.3, 0.4) is 0 Å². The molecule has 2 aromatic carbocycles. The van der Waals surface area contributed by atoms with Crippen molar-refractivity contribution in [3.63, 3.8) is 0 Å². The van der Waals surface area contributed by atoms with E-state index < -0.39 is 6.03 Å². The Kier molecular flexibility index (Phi) is 5.35. The lowest BCUT2D eigenvalue weighted by molar-refractivity contribution is 0.262. The van der Waals surface area contributed by atoms with Gasteiger partial charge in [0.25, 0.3) is 0 Å². The molecule has 0 fully saturated rings. The fraction of sp³-hybridized carbons (Fsp3) is 0.133. The van der Waals surface area contributed by atoms with Crippen molar-refractivity contribution in [3.8, 4) is 11.5 Å². The topological polar surface area (TPSA) is 59.6 Å². The molecule has 0 saturated heterocycles. The van der Waals surface area contributed by atoms with Gasteiger partial charge in [-0.2, -0.15) is 0 Å². The molecule has 0 aromatic heterocycles. The Morgan fingerprint density at radius 3 is 2.36 bits per heavy atom.